The first kappa shape index (κ1) is 13.1. The van der Waals surface area contributed by atoms with Gasteiger partial charge < -0.3 is 4.74 Å². The van der Waals surface area contributed by atoms with Crippen LogP contribution in [0.15, 0.2) is 42.5 Å². The molecule has 0 spiro atoms. The maximum absolute atomic E-state index is 12.1. The maximum atomic E-state index is 12.1. The fourth-order valence-corrected chi connectivity index (χ4v) is 2.77. The topological polar surface area (TPSA) is 39.2 Å². The van der Waals surface area contributed by atoms with E-state index in [0.717, 1.165) is 15.2 Å². The van der Waals surface area contributed by atoms with E-state index in [1.807, 2.05) is 13.0 Å². The molecule has 0 radical (unpaired) electrons. The van der Waals surface area contributed by atoms with Crippen LogP contribution in [0, 0.1) is 6.92 Å². The summed E-state index contributed by atoms with van der Waals surface area (Å²) >= 11 is 7.39. The lowest BCUT2D eigenvalue weighted by molar-refractivity contribution is 0.0735. The second-order valence-electron chi connectivity index (χ2n) is 4.26. The Morgan fingerprint density at radius 1 is 1.20 bits per heavy atom. The molecule has 100 valence electrons. The fraction of sp³-hybridized carbons (Fsp3) is 0.0667. The van der Waals surface area contributed by atoms with Crippen LogP contribution in [-0.4, -0.2) is 11.0 Å². The van der Waals surface area contributed by atoms with Crippen LogP contribution < -0.4 is 4.74 Å². The van der Waals surface area contributed by atoms with Gasteiger partial charge in [0.05, 0.1) is 20.8 Å². The number of nitrogens with zero attached hydrogens (tertiary/aromatic N) is 1. The highest BCUT2D eigenvalue weighted by Crippen LogP contribution is 2.23. The van der Waals surface area contributed by atoms with Gasteiger partial charge in [-0.1, -0.05) is 11.6 Å². The molecule has 0 N–H and O–H groups in total. The number of ether oxygens (including phenoxy) is 1. The lowest BCUT2D eigenvalue weighted by Gasteiger charge is -2.04. The molecule has 3 nitrogen and oxygen atoms in total. The molecular formula is C15H10ClNO2S. The molecule has 0 saturated carbocycles. The van der Waals surface area contributed by atoms with Gasteiger partial charge in [0.15, 0.2) is 0 Å². The first-order chi connectivity index (χ1) is 9.61. The minimum absolute atomic E-state index is 0.403. The number of rotatable bonds is 2. The van der Waals surface area contributed by atoms with E-state index < -0.39 is 5.97 Å². The number of carbonyl (C=O) groups excluding carboxylic acids is 1. The third-order valence-electron chi connectivity index (χ3n) is 2.75. The summed E-state index contributed by atoms with van der Waals surface area (Å²) in [4.78, 5) is 16.4. The first-order valence-corrected chi connectivity index (χ1v) is 7.16. The molecule has 0 saturated heterocycles. The molecule has 20 heavy (non-hydrogen) atoms. The van der Waals surface area contributed by atoms with Crippen LogP contribution in [0.1, 0.15) is 15.4 Å². The van der Waals surface area contributed by atoms with E-state index in [-0.39, 0.29) is 0 Å². The highest BCUT2D eigenvalue weighted by atomic mass is 35.5. The lowest BCUT2D eigenvalue weighted by atomic mass is 10.2. The van der Waals surface area contributed by atoms with E-state index in [9.17, 15) is 4.79 Å². The number of esters is 1. The predicted molar refractivity (Wildman–Crippen MR) is 80.8 cm³/mol. The van der Waals surface area contributed by atoms with Gasteiger partial charge in [0.1, 0.15) is 5.75 Å². The normalized spacial score (nSPS) is 10.7. The van der Waals surface area contributed by atoms with Crippen molar-refractivity contribution >= 4 is 39.1 Å². The van der Waals surface area contributed by atoms with Crippen molar-refractivity contribution in [2.45, 2.75) is 6.92 Å². The first-order valence-electron chi connectivity index (χ1n) is 5.97. The Morgan fingerprint density at radius 3 is 2.70 bits per heavy atom. The van der Waals surface area contributed by atoms with Crippen LogP contribution >= 0.6 is 22.9 Å². The van der Waals surface area contributed by atoms with Crippen molar-refractivity contribution in [1.82, 2.24) is 4.98 Å². The number of hydrogen-bond donors (Lipinski definition) is 0. The number of thiazole rings is 1. The van der Waals surface area contributed by atoms with Crippen molar-refractivity contribution < 1.29 is 9.53 Å². The molecule has 0 aliphatic carbocycles. The number of fused-ring (bicyclic) bond motifs is 1. The zero-order valence-corrected chi connectivity index (χ0v) is 12.2. The summed E-state index contributed by atoms with van der Waals surface area (Å²) < 4.78 is 6.35. The van der Waals surface area contributed by atoms with Crippen LogP contribution in [0.5, 0.6) is 5.75 Å². The molecule has 0 amide bonds. The van der Waals surface area contributed by atoms with Crippen molar-refractivity contribution in [3.8, 4) is 5.75 Å². The average molecular weight is 304 g/mol. The minimum Gasteiger partial charge on any atom is -0.423 e. The molecule has 0 aliphatic rings. The number of halogens is 1. The summed E-state index contributed by atoms with van der Waals surface area (Å²) in [6, 6.07) is 12.1. The van der Waals surface area contributed by atoms with Crippen LogP contribution in [-0.2, 0) is 0 Å². The summed E-state index contributed by atoms with van der Waals surface area (Å²) in [7, 11) is 0. The quantitative estimate of drug-likeness (QED) is 0.517. The Morgan fingerprint density at radius 2 is 1.95 bits per heavy atom. The van der Waals surface area contributed by atoms with E-state index >= 15 is 0 Å². The Bertz CT molecular complexity index is 780. The third-order valence-corrected chi connectivity index (χ3v) is 3.96. The van der Waals surface area contributed by atoms with E-state index in [1.54, 1.807) is 47.7 Å². The van der Waals surface area contributed by atoms with Crippen LogP contribution in [0.3, 0.4) is 0 Å². The zero-order valence-electron chi connectivity index (χ0n) is 10.6. The number of benzene rings is 2. The summed E-state index contributed by atoms with van der Waals surface area (Å²) in [5.74, 6) is 0.0637. The Balaban J connectivity index is 1.86. The minimum atomic E-state index is -0.403. The van der Waals surface area contributed by atoms with E-state index in [4.69, 9.17) is 16.3 Å². The van der Waals surface area contributed by atoms with Crippen molar-refractivity contribution in [3.05, 3.63) is 58.1 Å². The van der Waals surface area contributed by atoms with Gasteiger partial charge in [0.2, 0.25) is 0 Å². The molecule has 2 aromatic carbocycles. The summed E-state index contributed by atoms with van der Waals surface area (Å²) in [5, 5.41) is 1.58. The monoisotopic (exact) mass is 303 g/mol. The largest absolute Gasteiger partial charge is 0.423 e. The molecule has 0 aliphatic heterocycles. The van der Waals surface area contributed by atoms with Gasteiger partial charge in [0, 0.05) is 5.02 Å². The summed E-state index contributed by atoms with van der Waals surface area (Å²) in [6.07, 6.45) is 0. The smallest absolute Gasteiger partial charge is 0.343 e. The SMILES string of the molecule is Cc1nc2cc(C(=O)Oc3ccc(Cl)cc3)ccc2s1. The van der Waals surface area contributed by atoms with Crippen molar-refractivity contribution in [2.75, 3.05) is 0 Å². The fourth-order valence-electron chi connectivity index (χ4n) is 1.84. The zero-order chi connectivity index (χ0) is 14.1. The van der Waals surface area contributed by atoms with Crippen molar-refractivity contribution in [1.29, 1.82) is 0 Å². The van der Waals surface area contributed by atoms with E-state index in [2.05, 4.69) is 4.98 Å². The second kappa shape index (κ2) is 5.23. The Kier molecular flexibility index (Phi) is 3.42. The lowest BCUT2D eigenvalue weighted by Crippen LogP contribution is -2.08. The number of carbonyl (C=O) groups is 1. The van der Waals surface area contributed by atoms with Crippen LogP contribution in [0.4, 0.5) is 0 Å². The molecule has 1 heterocycles. The van der Waals surface area contributed by atoms with Crippen LogP contribution in [0.2, 0.25) is 5.02 Å². The molecule has 3 aromatic rings. The third kappa shape index (κ3) is 2.66. The van der Waals surface area contributed by atoms with Gasteiger partial charge in [-0.05, 0) is 49.4 Å². The van der Waals surface area contributed by atoms with Crippen molar-refractivity contribution in [3.63, 3.8) is 0 Å². The molecule has 3 rings (SSSR count). The van der Waals surface area contributed by atoms with Gasteiger partial charge in [-0.2, -0.15) is 0 Å². The summed E-state index contributed by atoms with van der Waals surface area (Å²) in [6.45, 7) is 1.94. The van der Waals surface area contributed by atoms with Gasteiger partial charge >= 0.3 is 5.97 Å². The highest BCUT2D eigenvalue weighted by Gasteiger charge is 2.11. The maximum Gasteiger partial charge on any atom is 0.343 e. The summed E-state index contributed by atoms with van der Waals surface area (Å²) in [5.41, 5.74) is 1.30. The predicted octanol–water partition coefficient (Wildman–Crippen LogP) is 4.48. The van der Waals surface area contributed by atoms with Gasteiger partial charge in [0.25, 0.3) is 0 Å². The molecule has 0 fully saturated rings. The Labute approximate surface area is 124 Å². The molecular weight excluding hydrogens is 294 g/mol. The molecule has 1 aromatic heterocycles. The highest BCUT2D eigenvalue weighted by molar-refractivity contribution is 7.18. The molecule has 0 bridgehead atoms. The van der Waals surface area contributed by atoms with E-state index in [1.165, 1.54) is 0 Å². The van der Waals surface area contributed by atoms with Gasteiger partial charge in [-0.15, -0.1) is 11.3 Å². The molecule has 5 heteroatoms. The van der Waals surface area contributed by atoms with Crippen LogP contribution in [0.25, 0.3) is 10.2 Å². The number of aromatic nitrogens is 1. The second-order valence-corrected chi connectivity index (χ2v) is 5.93. The van der Waals surface area contributed by atoms with Gasteiger partial charge in [-0.25, -0.2) is 9.78 Å². The number of aryl methyl sites for hydroxylation is 1. The standard InChI is InChI=1S/C15H10ClNO2S/c1-9-17-13-8-10(2-7-14(13)20-9)15(18)19-12-5-3-11(16)4-6-12/h2-8H,1H3. The Hall–Kier alpha value is -1.91. The van der Waals surface area contributed by atoms with E-state index in [0.29, 0.717) is 16.3 Å². The molecule has 0 unspecified atom stereocenters. The van der Waals surface area contributed by atoms with Gasteiger partial charge in [-0.3, -0.25) is 0 Å². The molecule has 0 atom stereocenters. The van der Waals surface area contributed by atoms with Crippen molar-refractivity contribution in [2.24, 2.45) is 0 Å². The number of hydrogen-bond acceptors (Lipinski definition) is 4. The average Bonchev–Trinajstić information content (AvgIpc) is 2.80.